The van der Waals surface area contributed by atoms with Crippen molar-refractivity contribution in [3.05, 3.63) is 67.0 Å². The number of aromatic nitrogens is 3. The third kappa shape index (κ3) is 6.02. The lowest BCUT2D eigenvalue weighted by atomic mass is 10.2. The highest BCUT2D eigenvalue weighted by atomic mass is 32.2. The lowest BCUT2D eigenvalue weighted by Crippen LogP contribution is -2.15. The first-order valence-electron chi connectivity index (χ1n) is 9.50. The first-order chi connectivity index (χ1) is 15.1. The quantitative estimate of drug-likeness (QED) is 0.358. The number of nitrogens with zero attached hydrogens (tertiary/aromatic N) is 3. The van der Waals surface area contributed by atoms with Crippen LogP contribution in [0.15, 0.2) is 66.3 Å². The number of allylic oxidation sites excluding steroid dienone is 1. The number of amides is 1. The smallest absolute Gasteiger partial charge is 0.234 e. The molecule has 1 amide bonds. The summed E-state index contributed by atoms with van der Waals surface area (Å²) < 4.78 is 18.1. The van der Waals surface area contributed by atoms with Crippen molar-refractivity contribution in [2.45, 2.75) is 18.3 Å². The minimum atomic E-state index is -0.174. The van der Waals surface area contributed by atoms with E-state index in [0.29, 0.717) is 34.7 Å². The number of carbonyl (C=O) groups is 1. The third-order valence-corrected chi connectivity index (χ3v) is 5.18. The molecule has 0 atom stereocenters. The zero-order valence-corrected chi connectivity index (χ0v) is 18.2. The van der Waals surface area contributed by atoms with Gasteiger partial charge in [0.05, 0.1) is 20.0 Å². The van der Waals surface area contributed by atoms with Crippen molar-refractivity contribution in [2.75, 3.05) is 25.3 Å². The molecule has 1 heterocycles. The molecule has 0 unspecified atom stereocenters. The molecular weight excluding hydrogens is 416 g/mol. The molecule has 1 aromatic heterocycles. The molecule has 0 bridgehead atoms. The number of para-hydroxylation sites is 1. The molecule has 8 nitrogen and oxygen atoms in total. The van der Waals surface area contributed by atoms with Crippen LogP contribution in [-0.2, 0) is 17.9 Å². The zero-order valence-electron chi connectivity index (χ0n) is 17.4. The van der Waals surface area contributed by atoms with Crippen LogP contribution >= 0.6 is 11.8 Å². The number of thioether (sulfide) groups is 1. The lowest BCUT2D eigenvalue weighted by molar-refractivity contribution is -0.113. The summed E-state index contributed by atoms with van der Waals surface area (Å²) in [5, 5.41) is 11.9. The number of methoxy groups -OCH3 is 2. The number of hydrogen-bond donors (Lipinski definition) is 1. The molecule has 2 aromatic carbocycles. The molecule has 0 radical (unpaired) electrons. The summed E-state index contributed by atoms with van der Waals surface area (Å²) in [7, 11) is 3.11. The largest absolute Gasteiger partial charge is 0.493 e. The maximum atomic E-state index is 12.4. The molecule has 9 heteroatoms. The van der Waals surface area contributed by atoms with E-state index in [-0.39, 0.29) is 18.3 Å². The van der Waals surface area contributed by atoms with E-state index in [1.807, 2.05) is 34.9 Å². The maximum absolute atomic E-state index is 12.4. The molecule has 0 spiro atoms. The summed E-state index contributed by atoms with van der Waals surface area (Å²) in [4.78, 5) is 12.4. The summed E-state index contributed by atoms with van der Waals surface area (Å²) in [6.07, 6.45) is 1.75. The van der Waals surface area contributed by atoms with Crippen molar-refractivity contribution < 1.29 is 19.0 Å². The minimum Gasteiger partial charge on any atom is -0.493 e. The summed E-state index contributed by atoms with van der Waals surface area (Å²) >= 11 is 1.29. The van der Waals surface area contributed by atoms with Gasteiger partial charge in [-0.1, -0.05) is 36.0 Å². The van der Waals surface area contributed by atoms with Crippen LogP contribution in [0.2, 0.25) is 0 Å². The fourth-order valence-electron chi connectivity index (χ4n) is 2.75. The maximum Gasteiger partial charge on any atom is 0.234 e. The van der Waals surface area contributed by atoms with Crippen molar-refractivity contribution >= 4 is 23.4 Å². The van der Waals surface area contributed by atoms with Gasteiger partial charge in [0.1, 0.15) is 12.4 Å². The van der Waals surface area contributed by atoms with Gasteiger partial charge in [0.25, 0.3) is 0 Å². The first kappa shape index (κ1) is 22.2. The van der Waals surface area contributed by atoms with Gasteiger partial charge in [0.15, 0.2) is 22.5 Å². The topological polar surface area (TPSA) is 87.5 Å². The third-order valence-electron chi connectivity index (χ3n) is 4.22. The van der Waals surface area contributed by atoms with E-state index in [1.165, 1.54) is 11.8 Å². The average Bonchev–Trinajstić information content (AvgIpc) is 3.18. The highest BCUT2D eigenvalue weighted by Crippen LogP contribution is 2.30. The number of rotatable bonds is 11. The van der Waals surface area contributed by atoms with Gasteiger partial charge >= 0.3 is 0 Å². The number of carbonyl (C=O) groups excluding carboxylic acids is 1. The monoisotopic (exact) mass is 440 g/mol. The fourth-order valence-corrected chi connectivity index (χ4v) is 3.52. The van der Waals surface area contributed by atoms with Crippen LogP contribution in [0.3, 0.4) is 0 Å². The van der Waals surface area contributed by atoms with E-state index in [1.54, 1.807) is 38.5 Å². The van der Waals surface area contributed by atoms with Crippen molar-refractivity contribution in [1.29, 1.82) is 0 Å². The van der Waals surface area contributed by atoms with Crippen LogP contribution in [0, 0.1) is 0 Å². The molecule has 0 aliphatic rings. The van der Waals surface area contributed by atoms with E-state index in [0.717, 1.165) is 5.75 Å². The lowest BCUT2D eigenvalue weighted by Gasteiger charge is -2.11. The summed E-state index contributed by atoms with van der Waals surface area (Å²) in [5.74, 6) is 2.54. The molecule has 31 heavy (non-hydrogen) atoms. The van der Waals surface area contributed by atoms with Gasteiger partial charge in [-0.3, -0.25) is 9.36 Å². The van der Waals surface area contributed by atoms with E-state index >= 15 is 0 Å². The second-order valence-corrected chi connectivity index (χ2v) is 7.25. The Kier molecular flexibility index (Phi) is 7.94. The van der Waals surface area contributed by atoms with Crippen LogP contribution in [0.5, 0.6) is 17.2 Å². The Hall–Kier alpha value is -3.46. The molecular formula is C22H24N4O4S. The Labute approximate surface area is 185 Å². The fraction of sp³-hybridized carbons (Fsp3) is 0.227. The Morgan fingerprint density at radius 2 is 1.90 bits per heavy atom. The summed E-state index contributed by atoms with van der Waals surface area (Å²) in [5.41, 5.74) is 0.618. The second kappa shape index (κ2) is 11.1. The van der Waals surface area contributed by atoms with E-state index in [2.05, 4.69) is 22.1 Å². The van der Waals surface area contributed by atoms with Crippen LogP contribution in [0.1, 0.15) is 5.82 Å². The summed E-state index contributed by atoms with van der Waals surface area (Å²) in [6.45, 7) is 4.57. The molecule has 0 aliphatic heterocycles. The van der Waals surface area contributed by atoms with Crippen LogP contribution in [0.4, 0.5) is 5.69 Å². The van der Waals surface area contributed by atoms with Crippen molar-refractivity contribution in [2.24, 2.45) is 0 Å². The van der Waals surface area contributed by atoms with Gasteiger partial charge in [0, 0.05) is 18.3 Å². The predicted octanol–water partition coefficient (Wildman–Crippen LogP) is 3.79. The standard InChI is InChI=1S/C22H24N4O4S/c1-4-12-26-20(14-30-17-8-6-5-7-9-17)24-25-22(26)31-15-21(27)23-16-10-11-18(28-2)19(13-16)29-3/h4-11,13H,1,12,14-15H2,2-3H3,(H,23,27). The van der Waals surface area contributed by atoms with Crippen LogP contribution in [0.25, 0.3) is 0 Å². The second-order valence-electron chi connectivity index (χ2n) is 6.31. The van der Waals surface area contributed by atoms with E-state index < -0.39 is 0 Å². The average molecular weight is 441 g/mol. The molecule has 3 aromatic rings. The number of benzene rings is 2. The van der Waals surface area contributed by atoms with Crippen molar-refractivity contribution in [3.8, 4) is 17.2 Å². The number of anilines is 1. The number of nitrogens with one attached hydrogen (secondary N) is 1. The first-order valence-corrected chi connectivity index (χ1v) is 10.5. The van der Waals surface area contributed by atoms with Gasteiger partial charge in [-0.05, 0) is 24.3 Å². The van der Waals surface area contributed by atoms with Crippen LogP contribution in [-0.4, -0.2) is 40.6 Å². The highest BCUT2D eigenvalue weighted by Gasteiger charge is 2.15. The predicted molar refractivity (Wildman–Crippen MR) is 120 cm³/mol. The van der Waals surface area contributed by atoms with Crippen molar-refractivity contribution in [1.82, 2.24) is 14.8 Å². The molecule has 0 saturated carbocycles. The molecule has 0 fully saturated rings. The Morgan fingerprint density at radius 1 is 1.13 bits per heavy atom. The Balaban J connectivity index is 1.61. The van der Waals surface area contributed by atoms with Gasteiger partial charge in [0.2, 0.25) is 5.91 Å². The molecule has 3 rings (SSSR count). The molecule has 0 saturated heterocycles. The number of ether oxygens (including phenoxy) is 3. The molecule has 1 N–H and O–H groups in total. The van der Waals surface area contributed by atoms with E-state index in [9.17, 15) is 4.79 Å². The van der Waals surface area contributed by atoms with Crippen LogP contribution < -0.4 is 19.5 Å². The van der Waals surface area contributed by atoms with Crippen molar-refractivity contribution in [3.63, 3.8) is 0 Å². The summed E-state index contributed by atoms with van der Waals surface area (Å²) in [6, 6.07) is 14.7. The molecule has 162 valence electrons. The van der Waals surface area contributed by atoms with Gasteiger partial charge in [-0.15, -0.1) is 16.8 Å². The number of hydrogen-bond acceptors (Lipinski definition) is 7. The van der Waals surface area contributed by atoms with E-state index in [4.69, 9.17) is 14.2 Å². The highest BCUT2D eigenvalue weighted by molar-refractivity contribution is 7.99. The normalized spacial score (nSPS) is 10.4. The Bertz CT molecular complexity index is 1020. The zero-order chi connectivity index (χ0) is 22.1. The van der Waals surface area contributed by atoms with Gasteiger partial charge in [-0.2, -0.15) is 0 Å². The SMILES string of the molecule is C=CCn1c(COc2ccccc2)nnc1SCC(=O)Nc1ccc(OC)c(OC)c1. The van der Waals surface area contributed by atoms with Gasteiger partial charge in [-0.25, -0.2) is 0 Å². The van der Waals surface area contributed by atoms with Gasteiger partial charge < -0.3 is 19.5 Å². The molecule has 0 aliphatic carbocycles. The Morgan fingerprint density at radius 3 is 2.61 bits per heavy atom. The minimum absolute atomic E-state index is 0.170.